The lowest BCUT2D eigenvalue weighted by Gasteiger charge is -2.18. The molecule has 1 aliphatic heterocycles. The molecule has 1 unspecified atom stereocenters. The van der Waals surface area contributed by atoms with Crippen molar-refractivity contribution in [3.05, 3.63) is 34.4 Å². The fourth-order valence-corrected chi connectivity index (χ4v) is 2.73. The molecule has 1 saturated heterocycles. The molecule has 4 nitrogen and oxygen atoms in total. The zero-order valence-electron chi connectivity index (χ0n) is 10.2. The summed E-state index contributed by atoms with van der Waals surface area (Å²) in [6, 6.07) is 4.57. The van der Waals surface area contributed by atoms with Crippen molar-refractivity contribution in [1.82, 2.24) is 15.5 Å². The first-order valence-corrected chi connectivity index (χ1v) is 7.02. The van der Waals surface area contributed by atoms with E-state index in [1.807, 2.05) is 0 Å². The van der Waals surface area contributed by atoms with Crippen LogP contribution < -0.4 is 5.32 Å². The fourth-order valence-electron chi connectivity index (χ4n) is 2.26. The van der Waals surface area contributed by atoms with Crippen molar-refractivity contribution in [1.29, 1.82) is 0 Å². The highest BCUT2D eigenvalue weighted by molar-refractivity contribution is 9.10. The van der Waals surface area contributed by atoms with Crippen molar-refractivity contribution in [2.75, 3.05) is 13.1 Å². The van der Waals surface area contributed by atoms with Gasteiger partial charge in [-0.15, -0.1) is 0 Å². The Balaban J connectivity index is 1.87. The van der Waals surface area contributed by atoms with Crippen LogP contribution in [0.3, 0.4) is 0 Å². The summed E-state index contributed by atoms with van der Waals surface area (Å²) < 4.78 is 19.3. The first-order chi connectivity index (χ1) is 9.22. The van der Waals surface area contributed by atoms with Crippen molar-refractivity contribution < 1.29 is 8.91 Å². The third kappa shape index (κ3) is 2.84. The van der Waals surface area contributed by atoms with Crippen LogP contribution in [0.2, 0.25) is 0 Å². The van der Waals surface area contributed by atoms with Gasteiger partial charge in [0.25, 0.3) is 0 Å². The molecule has 0 saturated carbocycles. The molecule has 1 aliphatic rings. The minimum absolute atomic E-state index is 0.256. The van der Waals surface area contributed by atoms with Gasteiger partial charge in [0.05, 0.1) is 5.92 Å². The van der Waals surface area contributed by atoms with E-state index >= 15 is 0 Å². The molecule has 1 N–H and O–H groups in total. The van der Waals surface area contributed by atoms with Crippen LogP contribution in [0.25, 0.3) is 11.4 Å². The van der Waals surface area contributed by atoms with Crippen LogP contribution in [0, 0.1) is 5.82 Å². The Hall–Kier alpha value is -1.27. The number of nitrogens with one attached hydrogen (secondary N) is 1. The summed E-state index contributed by atoms with van der Waals surface area (Å²) in [6.07, 6.45) is 2.15. The summed E-state index contributed by atoms with van der Waals surface area (Å²) in [5, 5.41) is 7.25. The van der Waals surface area contributed by atoms with E-state index < -0.39 is 0 Å². The van der Waals surface area contributed by atoms with Gasteiger partial charge >= 0.3 is 0 Å². The van der Waals surface area contributed by atoms with Gasteiger partial charge in [-0.3, -0.25) is 0 Å². The van der Waals surface area contributed by atoms with Gasteiger partial charge in [0, 0.05) is 16.6 Å². The molecule has 100 valence electrons. The van der Waals surface area contributed by atoms with E-state index in [1.54, 1.807) is 6.07 Å². The largest absolute Gasteiger partial charge is 0.339 e. The Bertz CT molecular complexity index is 561. The predicted octanol–water partition coefficient (Wildman–Crippen LogP) is 3.11. The molecule has 2 aromatic rings. The van der Waals surface area contributed by atoms with E-state index in [2.05, 4.69) is 31.4 Å². The van der Waals surface area contributed by atoms with Gasteiger partial charge in [0.2, 0.25) is 11.7 Å². The number of halogens is 2. The summed E-state index contributed by atoms with van der Waals surface area (Å²) >= 11 is 3.26. The number of piperidine rings is 1. The first-order valence-electron chi connectivity index (χ1n) is 6.23. The number of hydrogen-bond acceptors (Lipinski definition) is 4. The summed E-state index contributed by atoms with van der Waals surface area (Å²) in [4.78, 5) is 4.38. The van der Waals surface area contributed by atoms with E-state index in [0.717, 1.165) is 25.9 Å². The highest BCUT2D eigenvalue weighted by Gasteiger charge is 2.21. The smallest absolute Gasteiger partial charge is 0.231 e. The van der Waals surface area contributed by atoms with Crippen LogP contribution in [0.4, 0.5) is 4.39 Å². The fraction of sp³-hybridized carbons (Fsp3) is 0.385. The Morgan fingerprint density at radius 2 is 2.26 bits per heavy atom. The van der Waals surface area contributed by atoms with E-state index in [4.69, 9.17) is 4.52 Å². The minimum atomic E-state index is -0.324. The van der Waals surface area contributed by atoms with Gasteiger partial charge < -0.3 is 9.84 Å². The van der Waals surface area contributed by atoms with E-state index in [1.165, 1.54) is 12.1 Å². The predicted molar refractivity (Wildman–Crippen MR) is 72.2 cm³/mol. The Morgan fingerprint density at radius 1 is 1.37 bits per heavy atom. The lowest BCUT2D eigenvalue weighted by molar-refractivity contribution is 0.322. The molecule has 19 heavy (non-hydrogen) atoms. The average molecular weight is 326 g/mol. The van der Waals surface area contributed by atoms with Crippen molar-refractivity contribution in [2.24, 2.45) is 0 Å². The molecule has 1 atom stereocenters. The third-order valence-corrected chi connectivity index (χ3v) is 3.67. The monoisotopic (exact) mass is 325 g/mol. The topological polar surface area (TPSA) is 51.0 Å². The number of nitrogens with zero attached hydrogens (tertiary/aromatic N) is 2. The average Bonchev–Trinajstić information content (AvgIpc) is 2.88. The van der Waals surface area contributed by atoms with Gasteiger partial charge in [-0.2, -0.15) is 4.98 Å². The second-order valence-corrected chi connectivity index (χ2v) is 5.57. The number of benzene rings is 1. The van der Waals surface area contributed by atoms with Crippen LogP contribution in [-0.4, -0.2) is 23.2 Å². The van der Waals surface area contributed by atoms with Crippen molar-refractivity contribution in [2.45, 2.75) is 18.8 Å². The molecule has 1 aromatic heterocycles. The molecule has 0 amide bonds. The molecule has 6 heteroatoms. The van der Waals surface area contributed by atoms with Gasteiger partial charge in [0.15, 0.2) is 0 Å². The lowest BCUT2D eigenvalue weighted by Crippen LogP contribution is -2.28. The quantitative estimate of drug-likeness (QED) is 0.921. The molecule has 0 aliphatic carbocycles. The Labute approximate surface area is 118 Å². The zero-order valence-corrected chi connectivity index (χ0v) is 11.8. The molecule has 1 fully saturated rings. The lowest BCUT2D eigenvalue weighted by atomic mass is 10.00. The Kier molecular flexibility index (Phi) is 3.61. The molecule has 0 bridgehead atoms. The number of rotatable bonds is 2. The van der Waals surface area contributed by atoms with Crippen LogP contribution in [0.5, 0.6) is 0 Å². The van der Waals surface area contributed by atoms with Gasteiger partial charge in [-0.05, 0) is 37.6 Å². The summed E-state index contributed by atoms with van der Waals surface area (Å²) in [5.74, 6) is 0.991. The van der Waals surface area contributed by atoms with Gasteiger partial charge in [0.1, 0.15) is 5.82 Å². The highest BCUT2D eigenvalue weighted by Crippen LogP contribution is 2.26. The molecular weight excluding hydrogens is 313 g/mol. The standard InChI is InChI=1S/C13H13BrFN3O/c14-10-4-9(5-11(15)6-10)12-17-13(19-18-12)8-2-1-3-16-7-8/h4-6,8,16H,1-3,7H2. The van der Waals surface area contributed by atoms with E-state index in [0.29, 0.717) is 21.8 Å². The second kappa shape index (κ2) is 5.38. The van der Waals surface area contributed by atoms with Crippen molar-refractivity contribution in [3.8, 4) is 11.4 Å². The molecule has 0 radical (unpaired) electrons. The van der Waals surface area contributed by atoms with Crippen molar-refractivity contribution in [3.63, 3.8) is 0 Å². The van der Waals surface area contributed by atoms with Crippen molar-refractivity contribution >= 4 is 15.9 Å². The normalized spacial score (nSPS) is 19.6. The second-order valence-electron chi connectivity index (χ2n) is 4.66. The number of hydrogen-bond donors (Lipinski definition) is 1. The summed E-state index contributed by atoms with van der Waals surface area (Å²) in [6.45, 7) is 1.89. The maximum atomic E-state index is 13.3. The molecule has 0 spiro atoms. The summed E-state index contributed by atoms with van der Waals surface area (Å²) in [7, 11) is 0. The molecule has 2 heterocycles. The van der Waals surface area contributed by atoms with Crippen LogP contribution in [-0.2, 0) is 0 Å². The number of aromatic nitrogens is 2. The third-order valence-electron chi connectivity index (χ3n) is 3.21. The van der Waals surface area contributed by atoms with Crippen LogP contribution in [0.1, 0.15) is 24.7 Å². The van der Waals surface area contributed by atoms with Gasteiger partial charge in [-0.25, -0.2) is 4.39 Å². The Morgan fingerprint density at radius 3 is 3.00 bits per heavy atom. The van der Waals surface area contributed by atoms with Crippen LogP contribution in [0.15, 0.2) is 27.2 Å². The van der Waals surface area contributed by atoms with E-state index in [-0.39, 0.29) is 11.7 Å². The van der Waals surface area contributed by atoms with Gasteiger partial charge in [-0.1, -0.05) is 21.1 Å². The minimum Gasteiger partial charge on any atom is -0.339 e. The maximum Gasteiger partial charge on any atom is 0.231 e. The van der Waals surface area contributed by atoms with Crippen LogP contribution >= 0.6 is 15.9 Å². The zero-order chi connectivity index (χ0) is 13.2. The molecular formula is C13H13BrFN3O. The maximum absolute atomic E-state index is 13.3. The van der Waals surface area contributed by atoms with E-state index in [9.17, 15) is 4.39 Å². The first kappa shape index (κ1) is 12.7. The SMILES string of the molecule is Fc1cc(Br)cc(-c2noc(C3CCCNC3)n2)c1. The highest BCUT2D eigenvalue weighted by atomic mass is 79.9. The molecule has 1 aromatic carbocycles. The summed E-state index contributed by atoms with van der Waals surface area (Å²) in [5.41, 5.74) is 0.616. The molecule has 3 rings (SSSR count).